The van der Waals surface area contributed by atoms with Gasteiger partial charge >= 0.3 is 0 Å². The van der Waals surface area contributed by atoms with Crippen molar-refractivity contribution in [2.75, 3.05) is 5.32 Å². The number of amides is 1. The molecule has 3 heterocycles. The number of hydrogen-bond donors (Lipinski definition) is 2. The molecule has 5 rings (SSSR count). The smallest absolute Gasteiger partial charge is 0.274 e. The number of carbonyl (C=O) groups is 1. The number of aromatic nitrogens is 5. The van der Waals surface area contributed by atoms with E-state index in [1.54, 1.807) is 18.5 Å². The van der Waals surface area contributed by atoms with E-state index >= 15 is 0 Å². The Bertz CT molecular complexity index is 1350. The van der Waals surface area contributed by atoms with E-state index in [2.05, 4.69) is 45.1 Å². The molecule has 3 aromatic heterocycles. The minimum Gasteiger partial charge on any atom is -0.357 e. The number of nitrogens with zero attached hydrogens (tertiary/aromatic N) is 4. The number of halogens is 1. The molecular weight excluding hydrogens is 407 g/mol. The molecule has 0 saturated heterocycles. The van der Waals surface area contributed by atoms with E-state index in [9.17, 15) is 9.18 Å². The van der Waals surface area contributed by atoms with Gasteiger partial charge < -0.3 is 14.9 Å². The Labute approximate surface area is 184 Å². The van der Waals surface area contributed by atoms with Crippen molar-refractivity contribution < 1.29 is 9.18 Å². The fraction of sp³-hybridized carbons (Fsp3) is 0.250. The lowest BCUT2D eigenvalue weighted by Gasteiger charge is -2.46. The van der Waals surface area contributed by atoms with Crippen LogP contribution in [0.3, 0.4) is 0 Å². The topological polar surface area (TPSA) is 88.5 Å². The van der Waals surface area contributed by atoms with E-state index < -0.39 is 11.7 Å². The molecular formula is C24H23FN6O. The summed E-state index contributed by atoms with van der Waals surface area (Å²) in [7, 11) is 1.95. The Hall–Kier alpha value is -3.81. The number of carbonyl (C=O) groups excluding carboxylic acids is 1. The number of benzene rings is 1. The van der Waals surface area contributed by atoms with Crippen LogP contribution in [0.25, 0.3) is 17.1 Å². The summed E-state index contributed by atoms with van der Waals surface area (Å²) in [5.41, 5.74) is 2.86. The Morgan fingerprint density at radius 2 is 2.19 bits per heavy atom. The quantitative estimate of drug-likeness (QED) is 0.490. The maximum Gasteiger partial charge on any atom is 0.274 e. The lowest BCUT2D eigenvalue weighted by molar-refractivity contribution is 0.102. The predicted octanol–water partition coefficient (Wildman–Crippen LogP) is 4.44. The van der Waals surface area contributed by atoms with E-state index in [0.29, 0.717) is 22.7 Å². The van der Waals surface area contributed by atoms with Gasteiger partial charge in [0.15, 0.2) is 5.82 Å². The van der Waals surface area contributed by atoms with Crippen molar-refractivity contribution in [1.82, 2.24) is 24.7 Å². The third-order valence-corrected chi connectivity index (χ3v) is 6.28. The number of H-pyrrole nitrogens is 1. The van der Waals surface area contributed by atoms with Crippen LogP contribution in [0.1, 0.15) is 47.2 Å². The van der Waals surface area contributed by atoms with Gasteiger partial charge in [0.05, 0.1) is 10.9 Å². The number of pyridine rings is 1. The SMILES string of the molecule is C=Cc1cc(C(=O)Nc2cccc(C3(c4nncn4C)CC(C)C3)c2)nc2c(F)c[nH]c12. The second-order valence-electron chi connectivity index (χ2n) is 8.56. The molecule has 7 nitrogen and oxygen atoms in total. The highest BCUT2D eigenvalue weighted by atomic mass is 19.1. The molecule has 0 atom stereocenters. The second kappa shape index (κ2) is 7.40. The molecule has 1 aromatic carbocycles. The van der Waals surface area contributed by atoms with Crippen molar-refractivity contribution >= 4 is 28.7 Å². The molecule has 1 amide bonds. The molecule has 1 saturated carbocycles. The molecule has 4 aromatic rings. The summed E-state index contributed by atoms with van der Waals surface area (Å²) in [5.74, 6) is 0.575. The molecule has 0 spiro atoms. The van der Waals surface area contributed by atoms with Gasteiger partial charge in [-0.25, -0.2) is 9.37 Å². The van der Waals surface area contributed by atoms with Gasteiger partial charge in [-0.2, -0.15) is 0 Å². The molecule has 32 heavy (non-hydrogen) atoms. The fourth-order valence-electron chi connectivity index (χ4n) is 4.85. The second-order valence-corrected chi connectivity index (χ2v) is 8.56. The summed E-state index contributed by atoms with van der Waals surface area (Å²) in [5, 5.41) is 11.4. The molecule has 8 heteroatoms. The van der Waals surface area contributed by atoms with Crippen LogP contribution in [0.5, 0.6) is 0 Å². The maximum atomic E-state index is 14.1. The Morgan fingerprint density at radius 1 is 1.38 bits per heavy atom. The first-order chi connectivity index (χ1) is 15.4. The van der Waals surface area contributed by atoms with E-state index in [4.69, 9.17) is 0 Å². The number of anilines is 1. The third-order valence-electron chi connectivity index (χ3n) is 6.28. The van der Waals surface area contributed by atoms with Gasteiger partial charge in [0.25, 0.3) is 5.91 Å². The van der Waals surface area contributed by atoms with Crippen molar-refractivity contribution in [2.45, 2.75) is 25.2 Å². The zero-order chi connectivity index (χ0) is 22.5. The van der Waals surface area contributed by atoms with Gasteiger partial charge in [-0.15, -0.1) is 10.2 Å². The average Bonchev–Trinajstić information content (AvgIpc) is 3.36. The molecule has 1 fully saturated rings. The highest BCUT2D eigenvalue weighted by Crippen LogP contribution is 2.51. The van der Waals surface area contributed by atoms with E-state index in [0.717, 1.165) is 24.2 Å². The molecule has 1 aliphatic carbocycles. The zero-order valence-corrected chi connectivity index (χ0v) is 17.9. The van der Waals surface area contributed by atoms with Crippen LogP contribution >= 0.6 is 0 Å². The van der Waals surface area contributed by atoms with Crippen molar-refractivity contribution in [3.63, 3.8) is 0 Å². The Kier molecular flexibility index (Phi) is 4.65. The van der Waals surface area contributed by atoms with Gasteiger partial charge in [0, 0.05) is 24.5 Å². The number of nitrogens with one attached hydrogen (secondary N) is 2. The third kappa shape index (κ3) is 3.10. The largest absolute Gasteiger partial charge is 0.357 e. The summed E-state index contributed by atoms with van der Waals surface area (Å²) in [6.45, 7) is 5.97. The van der Waals surface area contributed by atoms with Crippen LogP contribution in [-0.2, 0) is 12.5 Å². The van der Waals surface area contributed by atoms with E-state index in [1.807, 2.05) is 29.8 Å². The van der Waals surface area contributed by atoms with Crippen molar-refractivity contribution in [3.8, 4) is 0 Å². The predicted molar refractivity (Wildman–Crippen MR) is 121 cm³/mol. The first kappa shape index (κ1) is 20.1. The maximum absolute atomic E-state index is 14.1. The Morgan fingerprint density at radius 3 is 2.88 bits per heavy atom. The standard InChI is InChI=1S/C24H23FN6O/c1-4-15-8-19(29-21-18(25)12-26-20(15)21)22(32)28-17-7-5-6-16(9-17)24(10-14(2)11-24)23-30-27-13-31(23)3/h4-9,12-14,26H,1,10-11H2,2-3H3,(H,28,32). The first-order valence-corrected chi connectivity index (χ1v) is 10.5. The lowest BCUT2D eigenvalue weighted by atomic mass is 9.58. The summed E-state index contributed by atoms with van der Waals surface area (Å²) in [4.78, 5) is 20.0. The summed E-state index contributed by atoms with van der Waals surface area (Å²) >= 11 is 0. The number of fused-ring (bicyclic) bond motifs is 1. The molecule has 2 N–H and O–H groups in total. The van der Waals surface area contributed by atoms with Crippen LogP contribution < -0.4 is 5.32 Å². The summed E-state index contributed by atoms with van der Waals surface area (Å²) in [6.07, 6.45) is 6.43. The summed E-state index contributed by atoms with van der Waals surface area (Å²) in [6, 6.07) is 9.38. The van der Waals surface area contributed by atoms with Gasteiger partial charge in [0.1, 0.15) is 23.4 Å². The Balaban J connectivity index is 1.48. The van der Waals surface area contributed by atoms with Crippen LogP contribution in [0.15, 0.2) is 49.4 Å². The minimum atomic E-state index is -0.510. The normalized spacial score (nSPS) is 20.2. The van der Waals surface area contributed by atoms with E-state index in [-0.39, 0.29) is 16.6 Å². The molecule has 1 aliphatic rings. The zero-order valence-electron chi connectivity index (χ0n) is 17.9. The fourth-order valence-corrected chi connectivity index (χ4v) is 4.85. The average molecular weight is 430 g/mol. The van der Waals surface area contributed by atoms with E-state index in [1.165, 1.54) is 6.20 Å². The van der Waals surface area contributed by atoms with Gasteiger partial charge in [-0.3, -0.25) is 4.79 Å². The summed E-state index contributed by atoms with van der Waals surface area (Å²) < 4.78 is 16.0. The molecule has 162 valence electrons. The van der Waals surface area contributed by atoms with Crippen LogP contribution in [0, 0.1) is 11.7 Å². The van der Waals surface area contributed by atoms with Crippen molar-refractivity contribution in [3.05, 3.63) is 77.9 Å². The molecule has 0 bridgehead atoms. The highest BCUT2D eigenvalue weighted by molar-refractivity contribution is 6.05. The van der Waals surface area contributed by atoms with Gasteiger partial charge in [0.2, 0.25) is 0 Å². The van der Waals surface area contributed by atoms with Gasteiger partial charge in [-0.05, 0) is 42.5 Å². The minimum absolute atomic E-state index is 0.117. The van der Waals surface area contributed by atoms with Crippen LogP contribution in [0.2, 0.25) is 0 Å². The van der Waals surface area contributed by atoms with Crippen LogP contribution in [0.4, 0.5) is 10.1 Å². The number of rotatable bonds is 5. The first-order valence-electron chi connectivity index (χ1n) is 10.5. The van der Waals surface area contributed by atoms with Crippen LogP contribution in [-0.4, -0.2) is 30.6 Å². The number of aryl methyl sites for hydroxylation is 1. The monoisotopic (exact) mass is 430 g/mol. The lowest BCUT2D eigenvalue weighted by Crippen LogP contribution is -2.43. The highest BCUT2D eigenvalue weighted by Gasteiger charge is 2.48. The van der Waals surface area contributed by atoms with Crippen molar-refractivity contribution in [2.24, 2.45) is 13.0 Å². The van der Waals surface area contributed by atoms with Gasteiger partial charge in [-0.1, -0.05) is 31.7 Å². The molecule has 0 unspecified atom stereocenters. The van der Waals surface area contributed by atoms with Crippen molar-refractivity contribution in [1.29, 1.82) is 0 Å². The number of aromatic amines is 1. The molecule has 0 aliphatic heterocycles. The number of hydrogen-bond acceptors (Lipinski definition) is 4. The molecule has 0 radical (unpaired) electrons.